The third-order valence-electron chi connectivity index (χ3n) is 2.74. The second-order valence-electron chi connectivity index (χ2n) is 3.75. The lowest BCUT2D eigenvalue weighted by atomic mass is 10.0. The molecule has 4 nitrogen and oxygen atoms in total. The van der Waals surface area contributed by atoms with Gasteiger partial charge >= 0.3 is 0 Å². The summed E-state index contributed by atoms with van der Waals surface area (Å²) in [7, 11) is 0. The Hall–Kier alpha value is -1.42. The summed E-state index contributed by atoms with van der Waals surface area (Å²) in [5.74, 6) is 2.10. The van der Waals surface area contributed by atoms with E-state index in [4.69, 9.17) is 14.2 Å². The minimum absolute atomic E-state index is 0.244. The largest absolute Gasteiger partial charge is 0.493 e. The Bertz CT molecular complexity index is 388. The highest BCUT2D eigenvalue weighted by atomic mass is 16.7. The average molecular weight is 208 g/mol. The van der Waals surface area contributed by atoms with Crippen LogP contribution in [0.3, 0.4) is 0 Å². The fourth-order valence-corrected chi connectivity index (χ4v) is 1.94. The van der Waals surface area contributed by atoms with Gasteiger partial charge in [-0.25, -0.2) is 0 Å². The van der Waals surface area contributed by atoms with Crippen molar-refractivity contribution < 1.29 is 19.3 Å². The van der Waals surface area contributed by atoms with E-state index in [0.29, 0.717) is 23.9 Å². The monoisotopic (exact) mass is 208 g/mol. The van der Waals surface area contributed by atoms with Gasteiger partial charge in [-0.2, -0.15) is 0 Å². The van der Waals surface area contributed by atoms with E-state index < -0.39 is 6.10 Å². The van der Waals surface area contributed by atoms with Crippen LogP contribution in [0.5, 0.6) is 17.2 Å². The second-order valence-corrected chi connectivity index (χ2v) is 3.75. The summed E-state index contributed by atoms with van der Waals surface area (Å²) in [4.78, 5) is 0. The van der Waals surface area contributed by atoms with Gasteiger partial charge in [-0.3, -0.25) is 0 Å². The molecule has 0 amide bonds. The minimum Gasteiger partial charge on any atom is -0.493 e. The Morgan fingerprint density at radius 1 is 1.07 bits per heavy atom. The number of aliphatic hydroxyl groups is 1. The number of benzene rings is 1. The molecule has 0 saturated heterocycles. The van der Waals surface area contributed by atoms with Crippen molar-refractivity contribution in [2.24, 2.45) is 0 Å². The first-order valence-corrected chi connectivity index (χ1v) is 5.09. The SMILES string of the molecule is OC1CCCOc2cc3c(cc21)OCO3. The van der Waals surface area contributed by atoms with E-state index in [1.165, 1.54) is 0 Å². The smallest absolute Gasteiger partial charge is 0.231 e. The number of hydrogen-bond acceptors (Lipinski definition) is 4. The molecule has 1 N–H and O–H groups in total. The Kier molecular flexibility index (Phi) is 1.95. The zero-order valence-corrected chi connectivity index (χ0v) is 8.23. The summed E-state index contributed by atoms with van der Waals surface area (Å²) in [6.07, 6.45) is 1.13. The van der Waals surface area contributed by atoms with Gasteiger partial charge in [0.15, 0.2) is 11.5 Å². The van der Waals surface area contributed by atoms with E-state index >= 15 is 0 Å². The molecule has 0 spiro atoms. The van der Waals surface area contributed by atoms with Crippen LogP contribution in [0.4, 0.5) is 0 Å². The van der Waals surface area contributed by atoms with Gasteiger partial charge in [0, 0.05) is 11.6 Å². The molecule has 1 aromatic carbocycles. The number of fused-ring (bicyclic) bond motifs is 2. The average Bonchev–Trinajstić information content (AvgIpc) is 2.62. The van der Waals surface area contributed by atoms with Crippen molar-refractivity contribution >= 4 is 0 Å². The van der Waals surface area contributed by atoms with Gasteiger partial charge in [0.2, 0.25) is 6.79 Å². The minimum atomic E-state index is -0.461. The van der Waals surface area contributed by atoms with Crippen molar-refractivity contribution in [3.05, 3.63) is 17.7 Å². The first-order chi connectivity index (χ1) is 7.34. The van der Waals surface area contributed by atoms with E-state index in [1.807, 2.05) is 6.07 Å². The van der Waals surface area contributed by atoms with Gasteiger partial charge in [-0.1, -0.05) is 0 Å². The van der Waals surface area contributed by atoms with Gasteiger partial charge in [-0.15, -0.1) is 0 Å². The molecule has 2 aliphatic rings. The molecule has 0 saturated carbocycles. The molecule has 0 bridgehead atoms. The second kappa shape index (κ2) is 3.31. The van der Waals surface area contributed by atoms with Crippen LogP contribution in [0.25, 0.3) is 0 Å². The molecule has 0 radical (unpaired) electrons. The molecule has 15 heavy (non-hydrogen) atoms. The zero-order valence-electron chi connectivity index (χ0n) is 8.23. The topological polar surface area (TPSA) is 47.9 Å². The molecular formula is C11H12O4. The van der Waals surface area contributed by atoms with E-state index in [0.717, 1.165) is 18.4 Å². The number of aliphatic hydroxyl groups excluding tert-OH is 1. The summed E-state index contributed by atoms with van der Waals surface area (Å²) in [5, 5.41) is 9.90. The molecule has 1 atom stereocenters. The number of rotatable bonds is 0. The lowest BCUT2D eigenvalue weighted by Crippen LogP contribution is -1.96. The highest BCUT2D eigenvalue weighted by molar-refractivity contribution is 5.52. The van der Waals surface area contributed by atoms with Gasteiger partial charge in [-0.05, 0) is 18.9 Å². The first kappa shape index (κ1) is 8.85. The Morgan fingerprint density at radius 3 is 2.73 bits per heavy atom. The number of hydrogen-bond donors (Lipinski definition) is 1. The van der Waals surface area contributed by atoms with Gasteiger partial charge in [0.05, 0.1) is 12.7 Å². The Labute approximate surface area is 87.4 Å². The predicted octanol–water partition coefficient (Wildman–Crippen LogP) is 1.62. The normalized spacial score (nSPS) is 22.9. The van der Waals surface area contributed by atoms with Crippen LogP contribution in [0.2, 0.25) is 0 Å². The van der Waals surface area contributed by atoms with Gasteiger partial charge in [0.25, 0.3) is 0 Å². The maximum absolute atomic E-state index is 9.90. The van der Waals surface area contributed by atoms with E-state index in [1.54, 1.807) is 6.07 Å². The maximum atomic E-state index is 9.90. The van der Waals surface area contributed by atoms with Crippen LogP contribution < -0.4 is 14.2 Å². The van der Waals surface area contributed by atoms with Crippen molar-refractivity contribution in [3.63, 3.8) is 0 Å². The highest BCUT2D eigenvalue weighted by Gasteiger charge is 2.23. The molecule has 1 aromatic rings. The van der Waals surface area contributed by atoms with Crippen LogP contribution >= 0.6 is 0 Å². The standard InChI is InChI=1S/C11H12O4/c12-8-2-1-3-13-9-5-11-10(4-7(8)9)14-6-15-11/h4-5,8,12H,1-3,6H2. The van der Waals surface area contributed by atoms with Crippen LogP contribution in [-0.4, -0.2) is 18.5 Å². The summed E-state index contributed by atoms with van der Waals surface area (Å²) in [6, 6.07) is 3.61. The van der Waals surface area contributed by atoms with E-state index in [2.05, 4.69) is 0 Å². The zero-order chi connectivity index (χ0) is 10.3. The van der Waals surface area contributed by atoms with Crippen LogP contribution in [-0.2, 0) is 0 Å². The molecule has 0 aromatic heterocycles. The van der Waals surface area contributed by atoms with Gasteiger partial charge in [0.1, 0.15) is 5.75 Å². The fourth-order valence-electron chi connectivity index (χ4n) is 1.94. The molecular weight excluding hydrogens is 196 g/mol. The molecule has 0 fully saturated rings. The molecule has 4 heteroatoms. The molecule has 1 unspecified atom stereocenters. The summed E-state index contributed by atoms with van der Waals surface area (Å²) >= 11 is 0. The van der Waals surface area contributed by atoms with Gasteiger partial charge < -0.3 is 19.3 Å². The maximum Gasteiger partial charge on any atom is 0.231 e. The quantitative estimate of drug-likeness (QED) is 0.703. The van der Waals surface area contributed by atoms with Crippen molar-refractivity contribution in [3.8, 4) is 17.2 Å². The Morgan fingerprint density at radius 2 is 1.87 bits per heavy atom. The lowest BCUT2D eigenvalue weighted by molar-refractivity contribution is 0.165. The van der Waals surface area contributed by atoms with E-state index in [9.17, 15) is 5.11 Å². The summed E-state index contributed by atoms with van der Waals surface area (Å²) in [6.45, 7) is 0.887. The van der Waals surface area contributed by atoms with Crippen molar-refractivity contribution in [1.29, 1.82) is 0 Å². The molecule has 2 aliphatic heterocycles. The predicted molar refractivity (Wildman–Crippen MR) is 52.3 cm³/mol. The fraction of sp³-hybridized carbons (Fsp3) is 0.455. The summed E-state index contributed by atoms with van der Waals surface area (Å²) < 4.78 is 16.1. The van der Waals surface area contributed by atoms with Crippen molar-refractivity contribution in [2.45, 2.75) is 18.9 Å². The molecule has 80 valence electrons. The van der Waals surface area contributed by atoms with Crippen LogP contribution in [0, 0.1) is 0 Å². The summed E-state index contributed by atoms with van der Waals surface area (Å²) in [5.41, 5.74) is 0.803. The molecule has 3 rings (SSSR count). The highest BCUT2D eigenvalue weighted by Crippen LogP contribution is 2.42. The third-order valence-corrected chi connectivity index (χ3v) is 2.74. The van der Waals surface area contributed by atoms with E-state index in [-0.39, 0.29) is 6.79 Å². The van der Waals surface area contributed by atoms with Crippen molar-refractivity contribution in [1.82, 2.24) is 0 Å². The first-order valence-electron chi connectivity index (χ1n) is 5.09. The molecule has 0 aliphatic carbocycles. The third kappa shape index (κ3) is 1.41. The van der Waals surface area contributed by atoms with Crippen LogP contribution in [0.1, 0.15) is 24.5 Å². The number of ether oxygens (including phenoxy) is 3. The van der Waals surface area contributed by atoms with Crippen molar-refractivity contribution in [2.75, 3.05) is 13.4 Å². The molecule has 2 heterocycles. The Balaban J connectivity index is 2.09. The van der Waals surface area contributed by atoms with Crippen LogP contribution in [0.15, 0.2) is 12.1 Å². The lowest BCUT2D eigenvalue weighted by Gasteiger charge is -2.11.